The standard InChI is InChI=1S/C24H32O5/c1-13(4-7-21(28)29)16-5-6-17-22-18(12-20(27)24(16,17)3)23(2)9-8-15(25)10-14(23)11-19(22)26/h8-10,12-14,16,19-20,25-27H,4-7,11H2,1-3H3,(H,28,29)/t13-,14+,16-,19-,20+,23+,24-/m1/s1. The van der Waals surface area contributed by atoms with Crippen LogP contribution in [0.3, 0.4) is 0 Å². The highest BCUT2D eigenvalue weighted by Gasteiger charge is 2.56. The van der Waals surface area contributed by atoms with Gasteiger partial charge < -0.3 is 20.4 Å². The van der Waals surface area contributed by atoms with Crippen LogP contribution < -0.4 is 0 Å². The Bertz CT molecular complexity index is 849. The molecule has 0 spiro atoms. The van der Waals surface area contributed by atoms with Crippen molar-refractivity contribution in [3.63, 3.8) is 0 Å². The summed E-state index contributed by atoms with van der Waals surface area (Å²) in [7, 11) is 0. The number of allylic oxidation sites excluding steroid dienone is 3. The predicted octanol–water partition coefficient (Wildman–Crippen LogP) is 3.90. The molecule has 0 unspecified atom stereocenters. The summed E-state index contributed by atoms with van der Waals surface area (Å²) in [5.74, 6) is -0.211. The molecule has 158 valence electrons. The van der Waals surface area contributed by atoms with Gasteiger partial charge in [0.25, 0.3) is 0 Å². The first-order chi connectivity index (χ1) is 13.6. The lowest BCUT2D eigenvalue weighted by Crippen LogP contribution is -2.47. The molecular formula is C24H32O5. The molecule has 0 saturated heterocycles. The normalized spacial score (nSPS) is 41.8. The van der Waals surface area contributed by atoms with Crippen molar-refractivity contribution >= 4 is 5.97 Å². The number of aliphatic hydroxyl groups excluding tert-OH is 3. The van der Waals surface area contributed by atoms with E-state index in [2.05, 4.69) is 20.8 Å². The maximum Gasteiger partial charge on any atom is 0.303 e. The Morgan fingerprint density at radius 2 is 2.00 bits per heavy atom. The van der Waals surface area contributed by atoms with Gasteiger partial charge in [0.05, 0.1) is 12.2 Å². The summed E-state index contributed by atoms with van der Waals surface area (Å²) in [4.78, 5) is 11.0. The van der Waals surface area contributed by atoms with Crippen LogP contribution in [0.2, 0.25) is 0 Å². The maximum atomic E-state index is 11.3. The minimum atomic E-state index is -0.785. The Morgan fingerprint density at radius 1 is 1.28 bits per heavy atom. The van der Waals surface area contributed by atoms with E-state index in [1.165, 1.54) is 0 Å². The van der Waals surface area contributed by atoms with E-state index in [1.807, 2.05) is 18.2 Å². The van der Waals surface area contributed by atoms with Crippen LogP contribution in [0.5, 0.6) is 0 Å². The van der Waals surface area contributed by atoms with Gasteiger partial charge in [0.2, 0.25) is 0 Å². The van der Waals surface area contributed by atoms with Crippen LogP contribution in [0.1, 0.15) is 52.9 Å². The minimum Gasteiger partial charge on any atom is -0.508 e. The molecular weight excluding hydrogens is 368 g/mol. The summed E-state index contributed by atoms with van der Waals surface area (Å²) in [6.45, 7) is 6.29. The molecule has 0 bridgehead atoms. The lowest BCUT2D eigenvalue weighted by Gasteiger charge is -2.51. The molecule has 0 radical (unpaired) electrons. The largest absolute Gasteiger partial charge is 0.508 e. The van der Waals surface area contributed by atoms with Crippen LogP contribution in [-0.4, -0.2) is 38.6 Å². The zero-order valence-corrected chi connectivity index (χ0v) is 17.4. The van der Waals surface area contributed by atoms with Crippen LogP contribution in [0.15, 0.2) is 46.8 Å². The Labute approximate surface area is 172 Å². The first-order valence-electron chi connectivity index (χ1n) is 10.7. The lowest BCUT2D eigenvalue weighted by molar-refractivity contribution is -0.137. The molecule has 4 aliphatic carbocycles. The average molecular weight is 401 g/mol. The number of fused-ring (bicyclic) bond motifs is 4. The van der Waals surface area contributed by atoms with Gasteiger partial charge in [0.15, 0.2) is 0 Å². The second-order valence-electron chi connectivity index (χ2n) is 9.82. The SMILES string of the molecule is C[C@H](CCC(=O)O)[C@H]1CCC2=C3C(=C[C@H](O)[C@@]21C)[C@@]1(C)C=CC(O)=C[C@H]1C[C@H]3O. The van der Waals surface area contributed by atoms with Crippen molar-refractivity contribution in [1.82, 2.24) is 0 Å². The summed E-state index contributed by atoms with van der Waals surface area (Å²) in [6.07, 6.45) is 9.17. The van der Waals surface area contributed by atoms with E-state index in [0.717, 1.165) is 29.6 Å². The van der Waals surface area contributed by atoms with Crippen molar-refractivity contribution in [3.8, 4) is 0 Å². The quantitative estimate of drug-likeness (QED) is 0.574. The average Bonchev–Trinajstić information content (AvgIpc) is 3.01. The van der Waals surface area contributed by atoms with Crippen molar-refractivity contribution in [2.24, 2.45) is 28.6 Å². The van der Waals surface area contributed by atoms with Crippen molar-refractivity contribution in [2.45, 2.75) is 65.1 Å². The molecule has 0 aromatic carbocycles. The number of carbonyl (C=O) groups is 1. The molecule has 2 saturated carbocycles. The van der Waals surface area contributed by atoms with Gasteiger partial charge in [0.1, 0.15) is 5.76 Å². The smallest absolute Gasteiger partial charge is 0.303 e. The molecule has 4 N–H and O–H groups in total. The van der Waals surface area contributed by atoms with E-state index < -0.39 is 23.6 Å². The molecule has 4 aliphatic rings. The third kappa shape index (κ3) is 2.93. The molecule has 2 fully saturated rings. The van der Waals surface area contributed by atoms with Crippen molar-refractivity contribution in [2.75, 3.05) is 0 Å². The van der Waals surface area contributed by atoms with Crippen molar-refractivity contribution in [3.05, 3.63) is 46.8 Å². The van der Waals surface area contributed by atoms with Crippen LogP contribution in [0.4, 0.5) is 0 Å². The fraction of sp³-hybridized carbons (Fsp3) is 0.625. The van der Waals surface area contributed by atoms with Crippen LogP contribution in [0.25, 0.3) is 0 Å². The highest BCUT2D eigenvalue weighted by Crippen LogP contribution is 2.62. The van der Waals surface area contributed by atoms with Crippen LogP contribution in [0, 0.1) is 28.6 Å². The number of aliphatic hydroxyl groups is 3. The second-order valence-corrected chi connectivity index (χ2v) is 9.82. The first-order valence-corrected chi connectivity index (χ1v) is 10.7. The predicted molar refractivity (Wildman–Crippen MR) is 110 cm³/mol. The summed E-state index contributed by atoms with van der Waals surface area (Å²) in [6, 6.07) is 0. The number of aliphatic carboxylic acids is 1. The molecule has 0 aromatic rings. The molecule has 7 atom stereocenters. The van der Waals surface area contributed by atoms with Gasteiger partial charge in [-0.15, -0.1) is 0 Å². The highest BCUT2D eigenvalue weighted by atomic mass is 16.4. The fourth-order valence-electron chi connectivity index (χ4n) is 6.55. The van der Waals surface area contributed by atoms with Gasteiger partial charge in [0, 0.05) is 17.3 Å². The van der Waals surface area contributed by atoms with Gasteiger partial charge in [-0.3, -0.25) is 4.79 Å². The number of carboxylic acid groups (broad SMARTS) is 1. The number of hydrogen-bond acceptors (Lipinski definition) is 4. The van der Waals surface area contributed by atoms with Crippen LogP contribution in [-0.2, 0) is 4.79 Å². The van der Waals surface area contributed by atoms with Gasteiger partial charge in [-0.2, -0.15) is 0 Å². The third-order valence-corrected chi connectivity index (χ3v) is 8.31. The first kappa shape index (κ1) is 20.4. The van der Waals surface area contributed by atoms with Gasteiger partial charge in [-0.05, 0) is 66.7 Å². The molecule has 5 heteroatoms. The molecule has 29 heavy (non-hydrogen) atoms. The molecule has 0 aromatic heterocycles. The van der Waals surface area contributed by atoms with Gasteiger partial charge >= 0.3 is 5.97 Å². The fourth-order valence-corrected chi connectivity index (χ4v) is 6.55. The molecule has 5 nitrogen and oxygen atoms in total. The molecule has 0 amide bonds. The van der Waals surface area contributed by atoms with Crippen molar-refractivity contribution in [1.29, 1.82) is 0 Å². The monoisotopic (exact) mass is 400 g/mol. The second kappa shape index (κ2) is 6.85. The number of hydrogen-bond donors (Lipinski definition) is 4. The lowest BCUT2D eigenvalue weighted by atomic mass is 9.54. The van der Waals surface area contributed by atoms with E-state index in [0.29, 0.717) is 12.8 Å². The topological polar surface area (TPSA) is 98.0 Å². The van der Waals surface area contributed by atoms with Gasteiger partial charge in [-0.1, -0.05) is 38.5 Å². The molecule has 0 aliphatic heterocycles. The zero-order valence-electron chi connectivity index (χ0n) is 17.4. The highest BCUT2D eigenvalue weighted by molar-refractivity contribution is 5.66. The minimum absolute atomic E-state index is 0.0126. The van der Waals surface area contributed by atoms with E-state index in [1.54, 1.807) is 6.08 Å². The summed E-state index contributed by atoms with van der Waals surface area (Å²) < 4.78 is 0. The van der Waals surface area contributed by atoms with E-state index in [4.69, 9.17) is 5.11 Å². The van der Waals surface area contributed by atoms with Gasteiger partial charge in [-0.25, -0.2) is 0 Å². The molecule has 0 heterocycles. The Morgan fingerprint density at radius 3 is 2.69 bits per heavy atom. The van der Waals surface area contributed by atoms with E-state index in [-0.39, 0.29) is 35.3 Å². The van der Waals surface area contributed by atoms with Crippen molar-refractivity contribution < 1.29 is 25.2 Å². The summed E-state index contributed by atoms with van der Waals surface area (Å²) in [5.41, 5.74) is 2.28. The summed E-state index contributed by atoms with van der Waals surface area (Å²) in [5, 5.41) is 41.4. The number of rotatable bonds is 4. The Balaban J connectivity index is 1.74. The summed E-state index contributed by atoms with van der Waals surface area (Å²) >= 11 is 0. The Hall–Kier alpha value is -1.85. The Kier molecular flexibility index (Phi) is 4.82. The molecule has 4 rings (SSSR count). The van der Waals surface area contributed by atoms with E-state index >= 15 is 0 Å². The maximum absolute atomic E-state index is 11.3. The third-order valence-electron chi connectivity index (χ3n) is 8.31. The van der Waals surface area contributed by atoms with Crippen LogP contribution >= 0.6 is 0 Å². The number of carboxylic acids is 1. The van der Waals surface area contributed by atoms with E-state index in [9.17, 15) is 20.1 Å². The zero-order chi connectivity index (χ0) is 21.1.